The van der Waals surface area contributed by atoms with Crippen molar-refractivity contribution < 1.29 is 14.6 Å². The topological polar surface area (TPSA) is 58.6 Å². The molecule has 0 aliphatic heterocycles. The van der Waals surface area contributed by atoms with Crippen LogP contribution in [0.15, 0.2) is 35.7 Å². The Morgan fingerprint density at radius 3 is 2.73 bits per heavy atom. The number of para-hydroxylation sites is 1. The van der Waals surface area contributed by atoms with E-state index in [1.807, 2.05) is 23.6 Å². The van der Waals surface area contributed by atoms with Crippen molar-refractivity contribution in [2.75, 3.05) is 7.11 Å². The van der Waals surface area contributed by atoms with Crippen molar-refractivity contribution in [3.05, 3.63) is 51.7 Å². The van der Waals surface area contributed by atoms with Crippen LogP contribution in [0.5, 0.6) is 5.75 Å². The molecule has 1 heterocycles. The zero-order valence-electron chi connectivity index (χ0n) is 13.1. The zero-order chi connectivity index (χ0) is 16.2. The molecule has 1 aromatic heterocycles. The molecule has 0 aliphatic carbocycles. The number of thiophene rings is 1. The molecule has 0 unspecified atom stereocenters. The molecule has 0 bridgehead atoms. The van der Waals surface area contributed by atoms with Gasteiger partial charge in [0.1, 0.15) is 10.6 Å². The molecule has 5 heteroatoms. The monoisotopic (exact) mass is 319 g/mol. The highest BCUT2D eigenvalue weighted by Crippen LogP contribution is 2.23. The Bertz CT molecular complexity index is 649. The van der Waals surface area contributed by atoms with Gasteiger partial charge >= 0.3 is 5.97 Å². The number of ether oxygens (including phenoxy) is 1. The number of carbonyl (C=O) groups is 1. The Hall–Kier alpha value is -1.85. The third-order valence-electron chi connectivity index (χ3n) is 3.46. The average Bonchev–Trinajstić information content (AvgIpc) is 2.95. The highest BCUT2D eigenvalue weighted by Gasteiger charge is 2.20. The number of nitrogens with one attached hydrogen (secondary N) is 1. The van der Waals surface area contributed by atoms with Crippen LogP contribution in [0.25, 0.3) is 0 Å². The minimum absolute atomic E-state index is 0.125. The van der Waals surface area contributed by atoms with Gasteiger partial charge in [-0.3, -0.25) is 0 Å². The van der Waals surface area contributed by atoms with Crippen LogP contribution in [0, 0.1) is 0 Å². The lowest BCUT2D eigenvalue weighted by atomic mass is 9.94. The van der Waals surface area contributed by atoms with Gasteiger partial charge in [-0.1, -0.05) is 18.2 Å². The summed E-state index contributed by atoms with van der Waals surface area (Å²) in [5.41, 5.74) is 2.02. The first-order chi connectivity index (χ1) is 10.4. The number of carboxylic acids is 1. The van der Waals surface area contributed by atoms with E-state index in [4.69, 9.17) is 9.84 Å². The molecule has 0 amide bonds. The van der Waals surface area contributed by atoms with Crippen LogP contribution in [0.3, 0.4) is 0 Å². The normalized spacial score (nSPS) is 11.4. The van der Waals surface area contributed by atoms with Gasteiger partial charge in [0, 0.05) is 12.1 Å². The number of aromatic carboxylic acids is 1. The van der Waals surface area contributed by atoms with E-state index in [1.54, 1.807) is 13.2 Å². The molecule has 4 nitrogen and oxygen atoms in total. The van der Waals surface area contributed by atoms with Gasteiger partial charge in [-0.2, -0.15) is 0 Å². The Morgan fingerprint density at radius 2 is 2.09 bits per heavy atom. The minimum Gasteiger partial charge on any atom is -0.496 e. The summed E-state index contributed by atoms with van der Waals surface area (Å²) in [6.07, 6.45) is 0.826. The van der Waals surface area contributed by atoms with Crippen molar-refractivity contribution in [3.63, 3.8) is 0 Å². The first-order valence-corrected chi connectivity index (χ1v) is 7.97. The van der Waals surface area contributed by atoms with Gasteiger partial charge in [-0.15, -0.1) is 11.3 Å². The molecule has 0 radical (unpaired) electrons. The van der Waals surface area contributed by atoms with Crippen molar-refractivity contribution in [1.82, 2.24) is 5.32 Å². The molecule has 0 spiro atoms. The Kier molecular flexibility index (Phi) is 5.21. The third kappa shape index (κ3) is 4.32. The predicted molar refractivity (Wildman–Crippen MR) is 88.9 cm³/mol. The Balaban J connectivity index is 1.99. The zero-order valence-corrected chi connectivity index (χ0v) is 13.9. The maximum Gasteiger partial charge on any atom is 0.345 e. The van der Waals surface area contributed by atoms with E-state index in [9.17, 15) is 4.79 Å². The van der Waals surface area contributed by atoms with Crippen LogP contribution >= 0.6 is 11.3 Å². The van der Waals surface area contributed by atoms with E-state index >= 15 is 0 Å². The van der Waals surface area contributed by atoms with Crippen molar-refractivity contribution in [3.8, 4) is 5.75 Å². The molecular formula is C17H21NO3S. The lowest BCUT2D eigenvalue weighted by Gasteiger charge is -2.27. The van der Waals surface area contributed by atoms with Gasteiger partial charge in [0.15, 0.2) is 0 Å². The smallest absolute Gasteiger partial charge is 0.345 e. The molecule has 0 saturated carbocycles. The first kappa shape index (κ1) is 16.5. The van der Waals surface area contributed by atoms with Gasteiger partial charge in [0.25, 0.3) is 0 Å². The standard InChI is InChI=1S/C17H21NO3S/c1-17(2,9-13-6-4-5-7-14(13)21-3)18-10-12-8-15(16(19)20)22-11-12/h4-8,11,18H,9-10H2,1-3H3,(H,19,20). The number of rotatable bonds is 7. The molecule has 22 heavy (non-hydrogen) atoms. The summed E-state index contributed by atoms with van der Waals surface area (Å²) < 4.78 is 5.39. The van der Waals surface area contributed by atoms with Crippen molar-refractivity contribution in [1.29, 1.82) is 0 Å². The molecule has 0 saturated heterocycles. The van der Waals surface area contributed by atoms with Crippen LogP contribution in [-0.4, -0.2) is 23.7 Å². The van der Waals surface area contributed by atoms with Gasteiger partial charge in [-0.25, -0.2) is 4.79 Å². The summed E-state index contributed by atoms with van der Waals surface area (Å²) in [5.74, 6) is 0.0191. The summed E-state index contributed by atoms with van der Waals surface area (Å²) in [7, 11) is 1.68. The van der Waals surface area contributed by atoms with Crippen molar-refractivity contribution in [2.45, 2.75) is 32.4 Å². The lowest BCUT2D eigenvalue weighted by Crippen LogP contribution is -2.40. The minimum atomic E-state index is -0.871. The Morgan fingerprint density at radius 1 is 1.36 bits per heavy atom. The molecule has 0 fully saturated rings. The lowest BCUT2D eigenvalue weighted by molar-refractivity contribution is 0.0702. The van der Waals surface area contributed by atoms with Crippen LogP contribution in [-0.2, 0) is 13.0 Å². The molecule has 2 aromatic rings. The number of hydrogen-bond acceptors (Lipinski definition) is 4. The summed E-state index contributed by atoms with van der Waals surface area (Å²) in [4.78, 5) is 11.3. The number of hydrogen-bond donors (Lipinski definition) is 2. The van der Waals surface area contributed by atoms with E-state index in [0.717, 1.165) is 23.3 Å². The Labute approximate surface area is 134 Å². The predicted octanol–water partition coefficient (Wildman–Crippen LogP) is 3.57. The molecule has 0 atom stereocenters. The van der Waals surface area contributed by atoms with Crippen molar-refractivity contribution in [2.24, 2.45) is 0 Å². The average molecular weight is 319 g/mol. The second kappa shape index (κ2) is 6.94. The molecule has 2 rings (SSSR count). The molecule has 1 aromatic carbocycles. The van der Waals surface area contributed by atoms with E-state index in [0.29, 0.717) is 11.4 Å². The van der Waals surface area contributed by atoms with Crippen LogP contribution < -0.4 is 10.1 Å². The van der Waals surface area contributed by atoms with E-state index < -0.39 is 5.97 Å². The molecule has 0 aliphatic rings. The summed E-state index contributed by atoms with van der Waals surface area (Å²) >= 11 is 1.26. The highest BCUT2D eigenvalue weighted by atomic mass is 32.1. The van der Waals surface area contributed by atoms with E-state index in [1.165, 1.54) is 11.3 Å². The largest absolute Gasteiger partial charge is 0.496 e. The maximum atomic E-state index is 10.9. The van der Waals surface area contributed by atoms with Crippen LogP contribution in [0.2, 0.25) is 0 Å². The van der Waals surface area contributed by atoms with Gasteiger partial charge in [0.2, 0.25) is 0 Å². The maximum absolute atomic E-state index is 10.9. The summed E-state index contributed by atoms with van der Waals surface area (Å²) in [6, 6.07) is 9.71. The number of carboxylic acid groups (broad SMARTS) is 1. The fraction of sp³-hybridized carbons (Fsp3) is 0.353. The third-order valence-corrected chi connectivity index (χ3v) is 4.43. The second-order valence-electron chi connectivity index (χ2n) is 5.85. The first-order valence-electron chi connectivity index (χ1n) is 7.09. The summed E-state index contributed by atoms with van der Waals surface area (Å²) in [6.45, 7) is 4.90. The fourth-order valence-corrected chi connectivity index (χ4v) is 3.06. The highest BCUT2D eigenvalue weighted by molar-refractivity contribution is 7.12. The SMILES string of the molecule is COc1ccccc1CC(C)(C)NCc1csc(C(=O)O)c1. The molecule has 2 N–H and O–H groups in total. The quantitative estimate of drug-likeness (QED) is 0.819. The fourth-order valence-electron chi connectivity index (χ4n) is 2.31. The van der Waals surface area contributed by atoms with Gasteiger partial charge in [-0.05, 0) is 48.9 Å². The number of methoxy groups -OCH3 is 1. The van der Waals surface area contributed by atoms with Crippen molar-refractivity contribution >= 4 is 17.3 Å². The van der Waals surface area contributed by atoms with Crippen LogP contribution in [0.4, 0.5) is 0 Å². The molecule has 118 valence electrons. The van der Waals surface area contributed by atoms with E-state index in [-0.39, 0.29) is 5.54 Å². The molecular weight excluding hydrogens is 298 g/mol. The van der Waals surface area contributed by atoms with Crippen LogP contribution in [0.1, 0.15) is 34.6 Å². The van der Waals surface area contributed by atoms with Gasteiger partial charge < -0.3 is 15.2 Å². The number of benzene rings is 1. The van der Waals surface area contributed by atoms with E-state index in [2.05, 4.69) is 25.2 Å². The second-order valence-corrected chi connectivity index (χ2v) is 6.76. The summed E-state index contributed by atoms with van der Waals surface area (Å²) in [5, 5.41) is 14.3. The van der Waals surface area contributed by atoms with Gasteiger partial charge in [0.05, 0.1) is 7.11 Å².